The van der Waals surface area contributed by atoms with Gasteiger partial charge in [-0.15, -0.1) is 0 Å². The summed E-state index contributed by atoms with van der Waals surface area (Å²) in [5, 5.41) is 0. The zero-order valence-corrected chi connectivity index (χ0v) is 42.8. The summed E-state index contributed by atoms with van der Waals surface area (Å²) in [6, 6.07) is 90.7. The number of fused-ring (bicyclic) bond motifs is 9. The van der Waals surface area contributed by atoms with Gasteiger partial charge >= 0.3 is 0 Å². The maximum Gasteiger partial charge on any atom is 0.0714 e. The van der Waals surface area contributed by atoms with E-state index in [4.69, 9.17) is 0 Å². The minimum absolute atomic E-state index is 0.0531. The van der Waals surface area contributed by atoms with Gasteiger partial charge in [0.2, 0.25) is 0 Å². The summed E-state index contributed by atoms with van der Waals surface area (Å²) in [5.41, 5.74) is 27.4. The van der Waals surface area contributed by atoms with Crippen molar-refractivity contribution >= 4 is 17.1 Å². The van der Waals surface area contributed by atoms with E-state index >= 15 is 0 Å². The van der Waals surface area contributed by atoms with Crippen LogP contribution in [0.3, 0.4) is 0 Å². The lowest BCUT2D eigenvalue weighted by Gasteiger charge is -2.61. The summed E-state index contributed by atoms with van der Waals surface area (Å²) < 4.78 is 0. The normalized spacial score (nSPS) is 22.0. The van der Waals surface area contributed by atoms with Crippen molar-refractivity contribution in [2.75, 3.05) is 4.90 Å². The number of hydrogen-bond acceptors (Lipinski definition) is 1. The molecule has 1 heteroatoms. The molecule has 0 heterocycles. The minimum atomic E-state index is -0.513. The second kappa shape index (κ2) is 16.0. The Kier molecular flexibility index (Phi) is 9.26. The quantitative estimate of drug-likeness (QED) is 0.154. The van der Waals surface area contributed by atoms with Gasteiger partial charge in [0.1, 0.15) is 0 Å². The fraction of sp³-hybridized carbons (Fsp3) is 0.189. The standard InChI is InChI=1S/C74H59N/c1-72(2)66-29-14-11-26-61(66)65-28-17-27-64(71(65)72)58-23-10-9-22-57(58)49-32-34-54(35-33-49)75(56-37-39-63-60-25-13-16-31-68(60)74(70(63)46-56)52-41-47-40-48(43-52)44-53(74)42-47)55-36-38-62-59-24-12-15-30-67(59)73(69(62)45-55,50-18-5-3-6-19-50)51-20-7-4-8-21-51/h3-39,45-48,52-53H,40-44H2,1-2H3. The van der Waals surface area contributed by atoms with E-state index in [0.717, 1.165) is 17.5 Å². The Morgan fingerprint density at radius 3 is 1.36 bits per heavy atom. The first-order valence-electron chi connectivity index (χ1n) is 27.8. The molecule has 0 aromatic heterocycles. The lowest BCUT2D eigenvalue weighted by Crippen LogP contribution is -2.55. The number of rotatable bonds is 7. The van der Waals surface area contributed by atoms with Crippen molar-refractivity contribution < 1.29 is 0 Å². The van der Waals surface area contributed by atoms with E-state index in [2.05, 4.69) is 255 Å². The van der Waals surface area contributed by atoms with Gasteiger partial charge in [-0.05, 0) is 192 Å². The first-order chi connectivity index (χ1) is 36.9. The van der Waals surface area contributed by atoms with Crippen LogP contribution in [0.2, 0.25) is 0 Å². The van der Waals surface area contributed by atoms with Gasteiger partial charge in [0, 0.05) is 27.9 Å². The molecule has 0 radical (unpaired) electrons. The first-order valence-corrected chi connectivity index (χ1v) is 27.8. The van der Waals surface area contributed by atoms with Crippen LogP contribution in [0.15, 0.2) is 237 Å². The van der Waals surface area contributed by atoms with E-state index in [-0.39, 0.29) is 10.8 Å². The number of benzene rings is 10. The van der Waals surface area contributed by atoms with Crippen molar-refractivity contribution in [2.24, 2.45) is 23.7 Å². The van der Waals surface area contributed by atoms with E-state index in [1.807, 2.05) is 0 Å². The molecule has 0 N–H and O–H groups in total. The summed E-state index contributed by atoms with van der Waals surface area (Å²) in [4.78, 5) is 2.59. The molecule has 7 aliphatic rings. The van der Waals surface area contributed by atoms with E-state index in [9.17, 15) is 0 Å². The highest BCUT2D eigenvalue weighted by Gasteiger charge is 2.61. The molecule has 4 saturated carbocycles. The van der Waals surface area contributed by atoms with Gasteiger partial charge in [-0.25, -0.2) is 0 Å². The molecular weight excluding hydrogens is 903 g/mol. The van der Waals surface area contributed by atoms with Crippen LogP contribution in [0.25, 0.3) is 55.6 Å². The van der Waals surface area contributed by atoms with Gasteiger partial charge in [0.05, 0.1) is 5.41 Å². The third-order valence-corrected chi connectivity index (χ3v) is 19.7. The van der Waals surface area contributed by atoms with Gasteiger partial charge in [0.15, 0.2) is 0 Å². The van der Waals surface area contributed by atoms with Crippen LogP contribution in [0.1, 0.15) is 90.5 Å². The minimum Gasteiger partial charge on any atom is -0.310 e. The van der Waals surface area contributed by atoms with Crippen LogP contribution in [-0.4, -0.2) is 0 Å². The molecule has 0 aliphatic heterocycles. The lowest BCUT2D eigenvalue weighted by molar-refractivity contribution is -0.0399. The number of anilines is 3. The van der Waals surface area contributed by atoms with Gasteiger partial charge < -0.3 is 4.90 Å². The third-order valence-electron chi connectivity index (χ3n) is 19.7. The van der Waals surface area contributed by atoms with Crippen LogP contribution in [0, 0.1) is 23.7 Å². The highest BCUT2D eigenvalue weighted by Crippen LogP contribution is 2.70. The zero-order chi connectivity index (χ0) is 49.6. The highest BCUT2D eigenvalue weighted by molar-refractivity contribution is 5.95. The Balaban J connectivity index is 0.895. The number of nitrogens with zero attached hydrogens (tertiary/aromatic N) is 1. The van der Waals surface area contributed by atoms with Crippen LogP contribution < -0.4 is 4.90 Å². The first kappa shape index (κ1) is 43.4. The second-order valence-corrected chi connectivity index (χ2v) is 23.5. The molecule has 75 heavy (non-hydrogen) atoms. The van der Waals surface area contributed by atoms with Gasteiger partial charge in [-0.3, -0.25) is 0 Å². The average molecular weight is 962 g/mol. The maximum absolute atomic E-state index is 2.67. The summed E-state index contributed by atoms with van der Waals surface area (Å²) in [6.45, 7) is 4.80. The van der Waals surface area contributed by atoms with Gasteiger partial charge in [0.25, 0.3) is 0 Å². The van der Waals surface area contributed by atoms with Crippen molar-refractivity contribution in [3.8, 4) is 55.6 Å². The van der Waals surface area contributed by atoms with Gasteiger partial charge in [-0.2, -0.15) is 0 Å². The fourth-order valence-electron chi connectivity index (χ4n) is 17.1. The smallest absolute Gasteiger partial charge is 0.0714 e. The van der Waals surface area contributed by atoms with Crippen molar-refractivity contribution in [3.05, 3.63) is 281 Å². The molecule has 10 aromatic rings. The Morgan fingerprint density at radius 2 is 0.747 bits per heavy atom. The predicted octanol–water partition coefficient (Wildman–Crippen LogP) is 18.9. The van der Waals surface area contributed by atoms with E-state index in [1.54, 1.807) is 11.1 Å². The summed E-state index contributed by atoms with van der Waals surface area (Å²) in [7, 11) is 0. The van der Waals surface area contributed by atoms with Crippen molar-refractivity contribution in [2.45, 2.75) is 62.2 Å². The predicted molar refractivity (Wildman–Crippen MR) is 310 cm³/mol. The SMILES string of the molecule is CC1(C)c2ccccc2-c2cccc(-c3ccccc3-c3ccc(N(c4ccc5c(c4)C(c4ccccc4)(c4ccccc4)c4ccccc4-5)c4ccc5c(c4)C4(c6ccccc6-5)C5CC6CC(C5)CC4C6)cc3)c21. The molecule has 360 valence electrons. The van der Waals surface area contributed by atoms with E-state index in [0.29, 0.717) is 11.8 Å². The molecule has 0 unspecified atom stereocenters. The van der Waals surface area contributed by atoms with E-state index < -0.39 is 5.41 Å². The Labute approximate surface area is 442 Å². The maximum atomic E-state index is 2.67. The van der Waals surface area contributed by atoms with Crippen molar-refractivity contribution in [1.82, 2.24) is 0 Å². The molecule has 17 rings (SSSR count). The van der Waals surface area contributed by atoms with E-state index in [1.165, 1.54) is 132 Å². The molecular formula is C74H59N. The fourth-order valence-corrected chi connectivity index (χ4v) is 17.1. The highest BCUT2D eigenvalue weighted by atomic mass is 15.1. The Morgan fingerprint density at radius 1 is 0.320 bits per heavy atom. The van der Waals surface area contributed by atoms with Crippen molar-refractivity contribution in [3.63, 3.8) is 0 Å². The molecule has 1 spiro atoms. The zero-order valence-electron chi connectivity index (χ0n) is 42.8. The molecule has 0 amide bonds. The Hall–Kier alpha value is -8.00. The molecule has 1 nitrogen and oxygen atoms in total. The summed E-state index contributed by atoms with van der Waals surface area (Å²) >= 11 is 0. The third kappa shape index (κ3) is 5.90. The average Bonchev–Trinajstić information content (AvgIpc) is 4.05. The second-order valence-electron chi connectivity index (χ2n) is 23.5. The van der Waals surface area contributed by atoms with Crippen molar-refractivity contribution in [1.29, 1.82) is 0 Å². The summed E-state index contributed by atoms with van der Waals surface area (Å²) in [5.74, 6) is 3.13. The molecule has 10 aromatic carbocycles. The molecule has 0 atom stereocenters. The van der Waals surface area contributed by atoms with Crippen LogP contribution in [0.5, 0.6) is 0 Å². The number of hydrogen-bond donors (Lipinski definition) is 0. The Bertz CT molecular complexity index is 3860. The summed E-state index contributed by atoms with van der Waals surface area (Å²) in [6.07, 6.45) is 6.89. The molecule has 4 bridgehead atoms. The molecule has 4 fully saturated rings. The van der Waals surface area contributed by atoms with Crippen LogP contribution in [0.4, 0.5) is 17.1 Å². The molecule has 7 aliphatic carbocycles. The lowest BCUT2D eigenvalue weighted by atomic mass is 9.43. The molecule has 0 saturated heterocycles. The van der Waals surface area contributed by atoms with Crippen LogP contribution in [-0.2, 0) is 16.2 Å². The largest absolute Gasteiger partial charge is 0.310 e. The van der Waals surface area contributed by atoms with Gasteiger partial charge in [-0.1, -0.05) is 214 Å². The monoisotopic (exact) mass is 961 g/mol. The topological polar surface area (TPSA) is 3.24 Å². The van der Waals surface area contributed by atoms with Crippen LogP contribution >= 0.6 is 0 Å².